The number of likely N-dealkylation sites (tertiary alicyclic amines) is 1. The molecule has 1 fully saturated rings. The Morgan fingerprint density at radius 2 is 2.00 bits per heavy atom. The molecular weight excluding hydrogens is 258 g/mol. The standard InChI is InChI=1S/C13H21N5O2/c1-8-11(9(2)17(3)15-8)13(19)18-6-4-10(5-7-18)12(14)16-20/h10,20H,4-7H2,1-3H3,(H2,14,16). The molecule has 20 heavy (non-hydrogen) atoms. The van der Waals surface area contributed by atoms with E-state index in [1.165, 1.54) is 0 Å². The van der Waals surface area contributed by atoms with Crippen LogP contribution in [0.15, 0.2) is 5.16 Å². The van der Waals surface area contributed by atoms with Crippen LogP contribution >= 0.6 is 0 Å². The Bertz CT molecular complexity index is 541. The molecule has 1 aromatic rings. The maximum absolute atomic E-state index is 12.6. The average molecular weight is 279 g/mol. The van der Waals surface area contributed by atoms with Gasteiger partial charge in [-0.2, -0.15) is 5.10 Å². The van der Waals surface area contributed by atoms with Gasteiger partial charge in [-0.05, 0) is 26.7 Å². The van der Waals surface area contributed by atoms with Gasteiger partial charge in [0.15, 0.2) is 0 Å². The zero-order valence-electron chi connectivity index (χ0n) is 12.1. The van der Waals surface area contributed by atoms with Crippen molar-refractivity contribution in [1.82, 2.24) is 14.7 Å². The number of hydrogen-bond acceptors (Lipinski definition) is 4. The Morgan fingerprint density at radius 1 is 1.40 bits per heavy atom. The van der Waals surface area contributed by atoms with Crippen LogP contribution in [-0.2, 0) is 7.05 Å². The normalized spacial score (nSPS) is 17.6. The van der Waals surface area contributed by atoms with Gasteiger partial charge in [0.25, 0.3) is 5.91 Å². The molecule has 0 radical (unpaired) electrons. The van der Waals surface area contributed by atoms with Crippen LogP contribution < -0.4 is 5.73 Å². The molecule has 7 heteroatoms. The maximum atomic E-state index is 12.6. The van der Waals surface area contributed by atoms with E-state index in [0.717, 1.165) is 24.2 Å². The van der Waals surface area contributed by atoms with Crippen LogP contribution in [0.2, 0.25) is 0 Å². The maximum Gasteiger partial charge on any atom is 0.257 e. The smallest absolute Gasteiger partial charge is 0.257 e. The highest BCUT2D eigenvalue weighted by atomic mass is 16.4. The number of aromatic nitrogens is 2. The van der Waals surface area contributed by atoms with E-state index in [4.69, 9.17) is 10.9 Å². The fourth-order valence-electron chi connectivity index (χ4n) is 2.70. The van der Waals surface area contributed by atoms with Crippen molar-refractivity contribution >= 4 is 11.7 Å². The molecule has 0 aliphatic carbocycles. The highest BCUT2D eigenvalue weighted by molar-refractivity contribution is 5.96. The van der Waals surface area contributed by atoms with Gasteiger partial charge < -0.3 is 15.8 Å². The van der Waals surface area contributed by atoms with Gasteiger partial charge in [0.2, 0.25) is 0 Å². The van der Waals surface area contributed by atoms with E-state index in [1.807, 2.05) is 25.8 Å². The third kappa shape index (κ3) is 2.48. The summed E-state index contributed by atoms with van der Waals surface area (Å²) in [6, 6.07) is 0. The molecule has 1 aliphatic heterocycles. The van der Waals surface area contributed by atoms with Gasteiger partial charge in [0.1, 0.15) is 5.84 Å². The minimum Gasteiger partial charge on any atom is -0.409 e. The lowest BCUT2D eigenvalue weighted by Gasteiger charge is -2.31. The summed E-state index contributed by atoms with van der Waals surface area (Å²) in [5.74, 6) is 0.331. The van der Waals surface area contributed by atoms with Crippen LogP contribution in [0.3, 0.4) is 0 Å². The first kappa shape index (κ1) is 14.4. The molecule has 1 amide bonds. The molecule has 1 saturated heterocycles. The molecule has 7 nitrogen and oxygen atoms in total. The number of carbonyl (C=O) groups excluding carboxylic acids is 1. The third-order valence-corrected chi connectivity index (χ3v) is 4.04. The largest absolute Gasteiger partial charge is 0.409 e. The van der Waals surface area contributed by atoms with E-state index in [2.05, 4.69) is 10.3 Å². The first-order valence-electron chi connectivity index (χ1n) is 6.72. The van der Waals surface area contributed by atoms with Gasteiger partial charge in [-0.1, -0.05) is 5.16 Å². The Balaban J connectivity index is 2.09. The highest BCUT2D eigenvalue weighted by Crippen LogP contribution is 2.21. The van der Waals surface area contributed by atoms with Gasteiger partial charge in [0, 0.05) is 31.7 Å². The van der Waals surface area contributed by atoms with Gasteiger partial charge in [-0.25, -0.2) is 0 Å². The second kappa shape index (κ2) is 5.52. The average Bonchev–Trinajstić information content (AvgIpc) is 2.71. The number of nitrogens with zero attached hydrogens (tertiary/aromatic N) is 4. The summed E-state index contributed by atoms with van der Waals surface area (Å²) in [5.41, 5.74) is 7.94. The molecule has 0 aromatic carbocycles. The molecule has 1 aliphatic rings. The van der Waals surface area contributed by atoms with Crippen LogP contribution in [0.5, 0.6) is 0 Å². The Kier molecular flexibility index (Phi) is 3.96. The number of piperidine rings is 1. The minimum absolute atomic E-state index is 0.0195. The van der Waals surface area contributed by atoms with Crippen molar-refractivity contribution in [2.45, 2.75) is 26.7 Å². The number of oxime groups is 1. The van der Waals surface area contributed by atoms with Crippen molar-refractivity contribution < 1.29 is 10.0 Å². The van der Waals surface area contributed by atoms with E-state index in [1.54, 1.807) is 4.68 Å². The third-order valence-electron chi connectivity index (χ3n) is 4.04. The summed E-state index contributed by atoms with van der Waals surface area (Å²) in [7, 11) is 1.84. The predicted molar refractivity (Wildman–Crippen MR) is 74.7 cm³/mol. The second-order valence-electron chi connectivity index (χ2n) is 5.26. The van der Waals surface area contributed by atoms with Crippen molar-refractivity contribution in [3.05, 3.63) is 17.0 Å². The monoisotopic (exact) mass is 279 g/mol. The van der Waals surface area contributed by atoms with Gasteiger partial charge in [-0.3, -0.25) is 9.48 Å². The molecule has 0 saturated carbocycles. The lowest BCUT2D eigenvalue weighted by molar-refractivity contribution is 0.0707. The molecular formula is C13H21N5O2. The summed E-state index contributed by atoms with van der Waals surface area (Å²) in [6.45, 7) is 4.99. The first-order valence-corrected chi connectivity index (χ1v) is 6.72. The zero-order chi connectivity index (χ0) is 14.9. The molecule has 2 rings (SSSR count). The minimum atomic E-state index is 0.0195. The van der Waals surface area contributed by atoms with E-state index in [-0.39, 0.29) is 17.7 Å². The van der Waals surface area contributed by atoms with Crippen molar-refractivity contribution in [3.63, 3.8) is 0 Å². The fraction of sp³-hybridized carbons (Fsp3) is 0.615. The van der Waals surface area contributed by atoms with Crippen molar-refractivity contribution in [1.29, 1.82) is 0 Å². The van der Waals surface area contributed by atoms with Gasteiger partial charge in [0.05, 0.1) is 11.3 Å². The summed E-state index contributed by atoms with van der Waals surface area (Å²) in [5, 5.41) is 16.0. The highest BCUT2D eigenvalue weighted by Gasteiger charge is 2.28. The molecule has 0 atom stereocenters. The molecule has 1 aromatic heterocycles. The lowest BCUT2D eigenvalue weighted by Crippen LogP contribution is -2.42. The van der Waals surface area contributed by atoms with E-state index in [9.17, 15) is 4.79 Å². The fourth-order valence-corrected chi connectivity index (χ4v) is 2.70. The van der Waals surface area contributed by atoms with Gasteiger partial charge >= 0.3 is 0 Å². The molecule has 3 N–H and O–H groups in total. The molecule has 0 unspecified atom stereocenters. The van der Waals surface area contributed by atoms with Gasteiger partial charge in [-0.15, -0.1) is 0 Å². The molecule has 110 valence electrons. The summed E-state index contributed by atoms with van der Waals surface area (Å²) in [6.07, 6.45) is 1.44. The van der Waals surface area contributed by atoms with Crippen molar-refractivity contribution in [2.24, 2.45) is 23.9 Å². The number of nitrogens with two attached hydrogens (primary N) is 1. The number of amidine groups is 1. The number of aryl methyl sites for hydroxylation is 2. The predicted octanol–water partition coefficient (Wildman–Crippen LogP) is 0.636. The van der Waals surface area contributed by atoms with Crippen LogP contribution in [0.1, 0.15) is 34.6 Å². The van der Waals surface area contributed by atoms with E-state index >= 15 is 0 Å². The Labute approximate surface area is 118 Å². The van der Waals surface area contributed by atoms with Crippen LogP contribution in [0, 0.1) is 19.8 Å². The summed E-state index contributed by atoms with van der Waals surface area (Å²) in [4.78, 5) is 14.4. The van der Waals surface area contributed by atoms with Crippen LogP contribution in [0.25, 0.3) is 0 Å². The second-order valence-corrected chi connectivity index (χ2v) is 5.26. The summed E-state index contributed by atoms with van der Waals surface area (Å²) >= 11 is 0. The first-order chi connectivity index (χ1) is 9.45. The molecule has 0 bridgehead atoms. The number of amides is 1. The molecule has 0 spiro atoms. The summed E-state index contributed by atoms with van der Waals surface area (Å²) < 4.78 is 1.73. The zero-order valence-corrected chi connectivity index (χ0v) is 12.1. The Hall–Kier alpha value is -2.05. The van der Waals surface area contributed by atoms with Crippen molar-refractivity contribution in [2.75, 3.05) is 13.1 Å². The molecule has 2 heterocycles. The topological polar surface area (TPSA) is 96.7 Å². The SMILES string of the molecule is Cc1nn(C)c(C)c1C(=O)N1CCC(C(N)=NO)CC1. The van der Waals surface area contributed by atoms with Crippen LogP contribution in [-0.4, -0.2) is 44.7 Å². The Morgan fingerprint density at radius 3 is 2.45 bits per heavy atom. The quantitative estimate of drug-likeness (QED) is 0.359. The lowest BCUT2D eigenvalue weighted by atomic mass is 9.95. The van der Waals surface area contributed by atoms with Crippen molar-refractivity contribution in [3.8, 4) is 0 Å². The van der Waals surface area contributed by atoms with E-state index < -0.39 is 0 Å². The van der Waals surface area contributed by atoms with E-state index in [0.29, 0.717) is 18.7 Å². The van der Waals surface area contributed by atoms with Crippen LogP contribution in [0.4, 0.5) is 0 Å². The number of hydrogen-bond donors (Lipinski definition) is 2. The number of rotatable bonds is 2. The number of carbonyl (C=O) groups is 1.